The van der Waals surface area contributed by atoms with E-state index in [1.54, 1.807) is 0 Å². The van der Waals surface area contributed by atoms with E-state index in [2.05, 4.69) is 12.2 Å². The summed E-state index contributed by atoms with van der Waals surface area (Å²) in [4.78, 5) is 13.7. The Morgan fingerprint density at radius 2 is 2.20 bits per heavy atom. The molecule has 2 aliphatic rings. The van der Waals surface area contributed by atoms with Crippen molar-refractivity contribution in [1.29, 1.82) is 0 Å². The lowest BCUT2D eigenvalue weighted by Crippen LogP contribution is -2.48. The molecule has 0 bridgehead atoms. The minimum Gasteiger partial charge on any atom is -0.336 e. The van der Waals surface area contributed by atoms with Crippen molar-refractivity contribution in [1.82, 2.24) is 4.90 Å². The van der Waals surface area contributed by atoms with Crippen molar-refractivity contribution in [3.8, 4) is 0 Å². The monoisotopic (exact) mass is 230 g/mol. The number of rotatable bonds is 1. The maximum absolute atomic E-state index is 11.7. The Morgan fingerprint density at radius 3 is 2.80 bits per heavy atom. The molecule has 3 nitrogen and oxygen atoms in total. The first-order chi connectivity index (χ1) is 6.77. The van der Waals surface area contributed by atoms with Gasteiger partial charge in [-0.2, -0.15) is 0 Å². The van der Waals surface area contributed by atoms with Crippen molar-refractivity contribution in [3.63, 3.8) is 0 Å². The van der Waals surface area contributed by atoms with E-state index >= 15 is 0 Å². The van der Waals surface area contributed by atoms with Gasteiger partial charge in [0, 0.05) is 25.0 Å². The molecule has 0 saturated carbocycles. The zero-order chi connectivity index (χ0) is 9.97. The maximum atomic E-state index is 11.7. The van der Waals surface area contributed by atoms with Crippen molar-refractivity contribution >= 4 is 18.3 Å². The third-order valence-electron chi connectivity index (χ3n) is 3.13. The lowest BCUT2D eigenvalue weighted by molar-refractivity contribution is -0.135. The Kier molecular flexibility index (Phi) is 4.61. The summed E-state index contributed by atoms with van der Waals surface area (Å²) in [7, 11) is 0. The van der Waals surface area contributed by atoms with E-state index in [0.717, 1.165) is 25.8 Å². The summed E-state index contributed by atoms with van der Waals surface area (Å²) in [6.45, 7) is 0.842. The highest BCUT2D eigenvalue weighted by Crippen LogP contribution is 2.21. The van der Waals surface area contributed by atoms with Gasteiger partial charge in [-0.05, 0) is 25.7 Å². The number of hydrogen-bond acceptors (Lipinski definition) is 2. The van der Waals surface area contributed by atoms with Crippen molar-refractivity contribution in [2.45, 2.75) is 44.2 Å². The molecule has 0 aromatic heterocycles. The van der Waals surface area contributed by atoms with Crippen molar-refractivity contribution in [2.24, 2.45) is 5.73 Å². The molecule has 1 heterocycles. The summed E-state index contributed by atoms with van der Waals surface area (Å²) < 4.78 is 0. The summed E-state index contributed by atoms with van der Waals surface area (Å²) in [6.07, 6.45) is 9.35. The molecular weight excluding hydrogens is 212 g/mol. The first-order valence-corrected chi connectivity index (χ1v) is 5.49. The second-order valence-corrected chi connectivity index (χ2v) is 4.27. The van der Waals surface area contributed by atoms with Crippen LogP contribution in [0.5, 0.6) is 0 Å². The van der Waals surface area contributed by atoms with E-state index in [-0.39, 0.29) is 24.4 Å². The van der Waals surface area contributed by atoms with E-state index < -0.39 is 0 Å². The Balaban J connectivity index is 0.00000112. The SMILES string of the molecule is Cl.NC1CCN(C2C=CCCC2)C(=O)C1. The van der Waals surface area contributed by atoms with Crippen LogP contribution in [0.4, 0.5) is 0 Å². The highest BCUT2D eigenvalue weighted by molar-refractivity contribution is 5.85. The summed E-state index contributed by atoms with van der Waals surface area (Å²) in [5.41, 5.74) is 5.75. The van der Waals surface area contributed by atoms with Crippen LogP contribution in [0.25, 0.3) is 0 Å². The zero-order valence-electron chi connectivity index (χ0n) is 8.89. The molecule has 0 radical (unpaired) electrons. The highest BCUT2D eigenvalue weighted by atomic mass is 35.5. The van der Waals surface area contributed by atoms with Crippen LogP contribution < -0.4 is 5.73 Å². The van der Waals surface area contributed by atoms with Crippen LogP contribution in [0.3, 0.4) is 0 Å². The molecular formula is C11H19ClN2O. The molecule has 15 heavy (non-hydrogen) atoms. The second-order valence-electron chi connectivity index (χ2n) is 4.27. The van der Waals surface area contributed by atoms with Gasteiger partial charge in [-0.3, -0.25) is 4.79 Å². The molecule has 2 rings (SSSR count). The van der Waals surface area contributed by atoms with Crippen molar-refractivity contribution in [2.75, 3.05) is 6.54 Å². The molecule has 86 valence electrons. The van der Waals surface area contributed by atoms with Gasteiger partial charge in [0.15, 0.2) is 0 Å². The first-order valence-electron chi connectivity index (χ1n) is 5.49. The van der Waals surface area contributed by atoms with Gasteiger partial charge < -0.3 is 10.6 Å². The van der Waals surface area contributed by atoms with Crippen LogP contribution in [0.1, 0.15) is 32.1 Å². The number of halogens is 1. The quantitative estimate of drug-likeness (QED) is 0.694. The number of piperidine rings is 1. The molecule has 2 N–H and O–H groups in total. The Labute approximate surface area is 97.1 Å². The fourth-order valence-electron chi connectivity index (χ4n) is 2.28. The molecule has 2 unspecified atom stereocenters. The van der Waals surface area contributed by atoms with Crippen LogP contribution in [0, 0.1) is 0 Å². The number of hydrogen-bond donors (Lipinski definition) is 1. The van der Waals surface area contributed by atoms with E-state index in [9.17, 15) is 4.79 Å². The third-order valence-corrected chi connectivity index (χ3v) is 3.13. The van der Waals surface area contributed by atoms with E-state index in [0.29, 0.717) is 12.5 Å². The first kappa shape index (κ1) is 12.5. The summed E-state index contributed by atoms with van der Waals surface area (Å²) >= 11 is 0. The molecule has 0 aromatic rings. The highest BCUT2D eigenvalue weighted by Gasteiger charge is 2.28. The van der Waals surface area contributed by atoms with Gasteiger partial charge in [-0.25, -0.2) is 0 Å². The Bertz CT molecular complexity index is 255. The smallest absolute Gasteiger partial charge is 0.224 e. The van der Waals surface area contributed by atoms with Crippen LogP contribution in [0.15, 0.2) is 12.2 Å². The lowest BCUT2D eigenvalue weighted by atomic mass is 9.97. The molecule has 1 saturated heterocycles. The number of nitrogens with zero attached hydrogens (tertiary/aromatic N) is 1. The predicted molar refractivity (Wildman–Crippen MR) is 62.9 cm³/mol. The normalized spacial score (nSPS) is 31.3. The van der Waals surface area contributed by atoms with Gasteiger partial charge in [-0.15, -0.1) is 12.4 Å². The van der Waals surface area contributed by atoms with Gasteiger partial charge >= 0.3 is 0 Å². The second kappa shape index (κ2) is 5.52. The average Bonchev–Trinajstić information content (AvgIpc) is 2.19. The standard InChI is InChI=1S/C11H18N2O.ClH/c12-9-6-7-13(11(14)8-9)10-4-2-1-3-5-10;/h2,4,9-10H,1,3,5-8,12H2;1H. The minimum atomic E-state index is 0. The number of carbonyl (C=O) groups excluding carboxylic acids is 1. The molecule has 1 fully saturated rings. The molecule has 0 aromatic carbocycles. The zero-order valence-corrected chi connectivity index (χ0v) is 9.71. The van der Waals surface area contributed by atoms with Crippen LogP contribution in [-0.4, -0.2) is 29.4 Å². The number of nitrogens with two attached hydrogens (primary N) is 1. The van der Waals surface area contributed by atoms with Crippen LogP contribution in [0.2, 0.25) is 0 Å². The molecule has 4 heteroatoms. The fourth-order valence-corrected chi connectivity index (χ4v) is 2.28. The van der Waals surface area contributed by atoms with Gasteiger partial charge in [0.1, 0.15) is 0 Å². The lowest BCUT2D eigenvalue weighted by Gasteiger charge is -2.36. The van der Waals surface area contributed by atoms with E-state index in [1.807, 2.05) is 4.90 Å². The van der Waals surface area contributed by atoms with Crippen LogP contribution in [-0.2, 0) is 4.79 Å². The number of amides is 1. The minimum absolute atomic E-state index is 0. The summed E-state index contributed by atoms with van der Waals surface area (Å²) in [5.74, 6) is 0.236. The molecule has 1 amide bonds. The third kappa shape index (κ3) is 2.95. The number of allylic oxidation sites excluding steroid dienone is 1. The Hall–Kier alpha value is -0.540. The summed E-state index contributed by atoms with van der Waals surface area (Å²) in [6, 6.07) is 0.440. The number of carbonyl (C=O) groups is 1. The van der Waals surface area contributed by atoms with Crippen molar-refractivity contribution < 1.29 is 4.79 Å². The molecule has 2 atom stereocenters. The molecule has 1 aliphatic carbocycles. The predicted octanol–water partition coefficient (Wildman–Crippen LogP) is 1.47. The molecule has 0 spiro atoms. The van der Waals surface area contributed by atoms with Gasteiger partial charge in [0.05, 0.1) is 0 Å². The number of likely N-dealkylation sites (tertiary alicyclic amines) is 1. The fraction of sp³-hybridized carbons (Fsp3) is 0.727. The van der Waals surface area contributed by atoms with Crippen LogP contribution >= 0.6 is 12.4 Å². The largest absolute Gasteiger partial charge is 0.336 e. The maximum Gasteiger partial charge on any atom is 0.224 e. The van der Waals surface area contributed by atoms with E-state index in [1.165, 1.54) is 6.42 Å². The van der Waals surface area contributed by atoms with Gasteiger partial charge in [0.25, 0.3) is 0 Å². The van der Waals surface area contributed by atoms with Crippen molar-refractivity contribution in [3.05, 3.63) is 12.2 Å². The Morgan fingerprint density at radius 1 is 1.40 bits per heavy atom. The van der Waals surface area contributed by atoms with Gasteiger partial charge in [-0.1, -0.05) is 12.2 Å². The van der Waals surface area contributed by atoms with Gasteiger partial charge in [0.2, 0.25) is 5.91 Å². The average molecular weight is 231 g/mol. The molecule has 1 aliphatic heterocycles. The topological polar surface area (TPSA) is 46.3 Å². The van der Waals surface area contributed by atoms with E-state index in [4.69, 9.17) is 5.73 Å². The summed E-state index contributed by atoms with van der Waals surface area (Å²) in [5, 5.41) is 0.